The number of hydrogen-bond acceptors (Lipinski definition) is 3. The molecule has 1 fully saturated rings. The maximum Gasteiger partial charge on any atom is 0.228 e. The van der Waals surface area contributed by atoms with Gasteiger partial charge >= 0.3 is 0 Å². The average molecular weight is 284 g/mol. The van der Waals surface area contributed by atoms with Gasteiger partial charge in [0.1, 0.15) is 0 Å². The number of piperidine rings is 1. The van der Waals surface area contributed by atoms with Crippen molar-refractivity contribution < 1.29 is 9.32 Å². The Balaban J connectivity index is 1.67. The number of likely N-dealkylation sites (tertiary alicyclic amines) is 1. The summed E-state index contributed by atoms with van der Waals surface area (Å²) in [5, 5.41) is 4.03. The SMILES string of the molecule is Cc1ccc(-c2cc(CC(=O)N3CCCCC3)no2)cc1. The molecule has 4 heteroatoms. The third-order valence-corrected chi connectivity index (χ3v) is 3.94. The molecule has 0 radical (unpaired) electrons. The van der Waals surface area contributed by atoms with Crippen LogP contribution in [0, 0.1) is 6.92 Å². The molecular weight excluding hydrogens is 264 g/mol. The largest absolute Gasteiger partial charge is 0.356 e. The van der Waals surface area contributed by atoms with Crippen molar-refractivity contribution in [2.75, 3.05) is 13.1 Å². The smallest absolute Gasteiger partial charge is 0.228 e. The van der Waals surface area contributed by atoms with Crippen molar-refractivity contribution in [2.24, 2.45) is 0 Å². The predicted molar refractivity (Wildman–Crippen MR) is 80.8 cm³/mol. The van der Waals surface area contributed by atoms with E-state index in [1.54, 1.807) is 0 Å². The van der Waals surface area contributed by atoms with Gasteiger partial charge in [-0.1, -0.05) is 35.0 Å². The second-order valence-electron chi connectivity index (χ2n) is 5.67. The van der Waals surface area contributed by atoms with Gasteiger partial charge in [0.05, 0.1) is 12.1 Å². The number of carbonyl (C=O) groups is 1. The van der Waals surface area contributed by atoms with Crippen LogP contribution in [0.4, 0.5) is 0 Å². The summed E-state index contributed by atoms with van der Waals surface area (Å²) in [5.74, 6) is 0.870. The van der Waals surface area contributed by atoms with Crippen molar-refractivity contribution in [1.82, 2.24) is 10.1 Å². The van der Waals surface area contributed by atoms with E-state index in [1.807, 2.05) is 42.2 Å². The molecule has 0 unspecified atom stereocenters. The van der Waals surface area contributed by atoms with Crippen molar-refractivity contribution in [3.8, 4) is 11.3 Å². The van der Waals surface area contributed by atoms with Crippen LogP contribution in [0.5, 0.6) is 0 Å². The van der Waals surface area contributed by atoms with Crippen LogP contribution in [0.25, 0.3) is 11.3 Å². The van der Waals surface area contributed by atoms with Crippen molar-refractivity contribution in [3.63, 3.8) is 0 Å². The summed E-state index contributed by atoms with van der Waals surface area (Å²) in [5.41, 5.74) is 2.91. The molecule has 1 aliphatic heterocycles. The number of amides is 1. The molecule has 1 aliphatic rings. The lowest BCUT2D eigenvalue weighted by Gasteiger charge is -2.26. The number of nitrogens with zero attached hydrogens (tertiary/aromatic N) is 2. The first kappa shape index (κ1) is 13.9. The van der Waals surface area contributed by atoms with Crippen molar-refractivity contribution in [2.45, 2.75) is 32.6 Å². The lowest BCUT2D eigenvalue weighted by atomic mass is 10.1. The Bertz CT molecular complexity index is 610. The van der Waals surface area contributed by atoms with Gasteiger partial charge in [0, 0.05) is 24.7 Å². The van der Waals surface area contributed by atoms with Gasteiger partial charge in [0.15, 0.2) is 5.76 Å². The van der Waals surface area contributed by atoms with E-state index >= 15 is 0 Å². The van der Waals surface area contributed by atoms with E-state index in [9.17, 15) is 4.79 Å². The van der Waals surface area contributed by atoms with Gasteiger partial charge in [-0.15, -0.1) is 0 Å². The van der Waals surface area contributed by atoms with E-state index < -0.39 is 0 Å². The number of rotatable bonds is 3. The molecule has 0 bridgehead atoms. The summed E-state index contributed by atoms with van der Waals surface area (Å²) in [6.07, 6.45) is 3.78. The van der Waals surface area contributed by atoms with E-state index in [0.717, 1.165) is 37.3 Å². The number of benzene rings is 1. The van der Waals surface area contributed by atoms with Crippen LogP contribution < -0.4 is 0 Å². The first-order valence-corrected chi connectivity index (χ1v) is 7.53. The molecule has 4 nitrogen and oxygen atoms in total. The first-order chi connectivity index (χ1) is 10.2. The highest BCUT2D eigenvalue weighted by Crippen LogP contribution is 2.21. The third kappa shape index (κ3) is 3.32. The monoisotopic (exact) mass is 284 g/mol. The molecule has 110 valence electrons. The van der Waals surface area contributed by atoms with Crippen LogP contribution in [0.2, 0.25) is 0 Å². The number of hydrogen-bond donors (Lipinski definition) is 0. The minimum atomic E-state index is 0.151. The van der Waals surface area contributed by atoms with Gasteiger partial charge in [-0.25, -0.2) is 0 Å². The van der Waals surface area contributed by atoms with Gasteiger partial charge in [-0.05, 0) is 26.2 Å². The lowest BCUT2D eigenvalue weighted by molar-refractivity contribution is -0.131. The molecular formula is C17H20N2O2. The molecule has 0 aliphatic carbocycles. The lowest BCUT2D eigenvalue weighted by Crippen LogP contribution is -2.36. The Labute approximate surface area is 124 Å². The molecule has 0 atom stereocenters. The Kier molecular flexibility index (Phi) is 4.04. The fourth-order valence-corrected chi connectivity index (χ4v) is 2.66. The maximum absolute atomic E-state index is 12.2. The predicted octanol–water partition coefficient (Wildman–Crippen LogP) is 3.21. The summed E-state index contributed by atoms with van der Waals surface area (Å²) in [6.45, 7) is 3.80. The first-order valence-electron chi connectivity index (χ1n) is 7.53. The van der Waals surface area contributed by atoms with Crippen LogP contribution in [0.15, 0.2) is 34.9 Å². The molecule has 0 spiro atoms. The molecule has 2 aromatic rings. The summed E-state index contributed by atoms with van der Waals surface area (Å²) < 4.78 is 5.36. The highest BCUT2D eigenvalue weighted by atomic mass is 16.5. The average Bonchev–Trinajstić information content (AvgIpc) is 2.97. The zero-order valence-corrected chi connectivity index (χ0v) is 12.3. The summed E-state index contributed by atoms with van der Waals surface area (Å²) in [7, 11) is 0. The fraction of sp³-hybridized carbons (Fsp3) is 0.412. The molecule has 0 saturated carbocycles. The Hall–Kier alpha value is -2.10. The van der Waals surface area contributed by atoms with E-state index in [4.69, 9.17) is 4.52 Å². The highest BCUT2D eigenvalue weighted by Gasteiger charge is 2.18. The molecule has 3 rings (SSSR count). The van der Waals surface area contributed by atoms with Gasteiger partial charge in [0.25, 0.3) is 0 Å². The van der Waals surface area contributed by atoms with Crippen LogP contribution in [0.3, 0.4) is 0 Å². The topological polar surface area (TPSA) is 46.3 Å². The maximum atomic E-state index is 12.2. The molecule has 1 aromatic carbocycles. The molecule has 21 heavy (non-hydrogen) atoms. The molecule has 2 heterocycles. The Morgan fingerprint density at radius 3 is 2.62 bits per heavy atom. The summed E-state index contributed by atoms with van der Waals surface area (Å²) >= 11 is 0. The third-order valence-electron chi connectivity index (χ3n) is 3.94. The second-order valence-corrected chi connectivity index (χ2v) is 5.67. The van der Waals surface area contributed by atoms with Gasteiger partial charge < -0.3 is 9.42 Å². The van der Waals surface area contributed by atoms with Crippen LogP contribution in [-0.4, -0.2) is 29.1 Å². The standard InChI is InChI=1S/C17H20N2O2/c1-13-5-7-14(8-6-13)16-11-15(18-21-16)12-17(20)19-9-3-2-4-10-19/h5-8,11H,2-4,9-10,12H2,1H3. The zero-order valence-electron chi connectivity index (χ0n) is 12.3. The number of aromatic nitrogens is 1. The van der Waals surface area contributed by atoms with Crippen LogP contribution >= 0.6 is 0 Å². The van der Waals surface area contributed by atoms with Gasteiger partial charge in [-0.2, -0.15) is 0 Å². The minimum absolute atomic E-state index is 0.151. The Morgan fingerprint density at radius 2 is 1.90 bits per heavy atom. The summed E-state index contributed by atoms with van der Waals surface area (Å²) in [6, 6.07) is 9.96. The number of aryl methyl sites for hydroxylation is 1. The highest BCUT2D eigenvalue weighted by molar-refractivity contribution is 5.78. The van der Waals surface area contributed by atoms with Gasteiger partial charge in [-0.3, -0.25) is 4.79 Å². The van der Waals surface area contributed by atoms with E-state index in [1.165, 1.54) is 12.0 Å². The van der Waals surface area contributed by atoms with E-state index in [-0.39, 0.29) is 5.91 Å². The summed E-state index contributed by atoms with van der Waals surface area (Å²) in [4.78, 5) is 14.1. The van der Waals surface area contributed by atoms with E-state index in [0.29, 0.717) is 12.1 Å². The molecule has 0 N–H and O–H groups in total. The normalized spacial score (nSPS) is 15.2. The second kappa shape index (κ2) is 6.12. The zero-order chi connectivity index (χ0) is 14.7. The molecule has 1 aromatic heterocycles. The van der Waals surface area contributed by atoms with E-state index in [2.05, 4.69) is 5.16 Å². The fourth-order valence-electron chi connectivity index (χ4n) is 2.66. The van der Waals surface area contributed by atoms with Gasteiger partial charge in [0.2, 0.25) is 5.91 Å². The number of carbonyl (C=O) groups excluding carboxylic acids is 1. The quantitative estimate of drug-likeness (QED) is 0.869. The van der Waals surface area contributed by atoms with Crippen LogP contribution in [-0.2, 0) is 11.2 Å². The van der Waals surface area contributed by atoms with Crippen LogP contribution in [0.1, 0.15) is 30.5 Å². The molecule has 1 amide bonds. The minimum Gasteiger partial charge on any atom is -0.356 e. The van der Waals surface area contributed by atoms with Crippen molar-refractivity contribution >= 4 is 5.91 Å². The van der Waals surface area contributed by atoms with Crippen molar-refractivity contribution in [1.29, 1.82) is 0 Å². The Morgan fingerprint density at radius 1 is 1.19 bits per heavy atom. The molecule has 1 saturated heterocycles. The van der Waals surface area contributed by atoms with Crippen molar-refractivity contribution in [3.05, 3.63) is 41.6 Å².